The number of halogens is 1. The van der Waals surface area contributed by atoms with Gasteiger partial charge >= 0.3 is 0 Å². The van der Waals surface area contributed by atoms with E-state index in [4.69, 9.17) is 11.6 Å². The lowest BCUT2D eigenvalue weighted by Gasteiger charge is -2.15. The van der Waals surface area contributed by atoms with E-state index in [1.807, 2.05) is 31.2 Å². The molecular formula is C20H20ClN5O2. The fraction of sp³-hybridized carbons (Fsp3) is 0.200. The van der Waals surface area contributed by atoms with Crippen LogP contribution in [0.2, 0.25) is 5.02 Å². The van der Waals surface area contributed by atoms with Crippen molar-refractivity contribution in [2.45, 2.75) is 13.8 Å². The molecular weight excluding hydrogens is 378 g/mol. The first-order valence-electron chi connectivity index (χ1n) is 8.65. The van der Waals surface area contributed by atoms with Gasteiger partial charge in [0.05, 0.1) is 17.9 Å². The summed E-state index contributed by atoms with van der Waals surface area (Å²) in [5.74, 6) is -0.676. The van der Waals surface area contributed by atoms with Gasteiger partial charge in [0, 0.05) is 17.8 Å². The van der Waals surface area contributed by atoms with E-state index in [9.17, 15) is 9.59 Å². The Balaban J connectivity index is 1.69. The molecule has 2 amide bonds. The van der Waals surface area contributed by atoms with Crippen molar-refractivity contribution in [1.82, 2.24) is 19.9 Å². The van der Waals surface area contributed by atoms with Crippen molar-refractivity contribution in [3.8, 4) is 5.69 Å². The minimum Gasteiger partial charge on any atom is -0.331 e. The normalized spacial score (nSPS) is 10.6. The Morgan fingerprint density at radius 2 is 1.82 bits per heavy atom. The summed E-state index contributed by atoms with van der Waals surface area (Å²) in [5, 5.41) is 11.9. The highest BCUT2D eigenvalue weighted by molar-refractivity contribution is 6.30. The van der Waals surface area contributed by atoms with Crippen LogP contribution >= 0.6 is 11.6 Å². The second-order valence-corrected chi connectivity index (χ2v) is 6.92. The van der Waals surface area contributed by atoms with Crippen LogP contribution in [0, 0.1) is 13.8 Å². The molecule has 1 heterocycles. The van der Waals surface area contributed by atoms with E-state index in [1.54, 1.807) is 38.2 Å². The minimum absolute atomic E-state index is 0.101. The Bertz CT molecular complexity index is 1010. The van der Waals surface area contributed by atoms with Crippen LogP contribution in [-0.4, -0.2) is 45.3 Å². The van der Waals surface area contributed by atoms with Gasteiger partial charge in [-0.3, -0.25) is 9.59 Å². The largest absolute Gasteiger partial charge is 0.331 e. The van der Waals surface area contributed by atoms with Crippen LogP contribution in [0.15, 0.2) is 48.5 Å². The van der Waals surface area contributed by atoms with Crippen LogP contribution in [0.5, 0.6) is 0 Å². The molecule has 1 N–H and O–H groups in total. The number of amides is 2. The maximum absolute atomic E-state index is 12.7. The summed E-state index contributed by atoms with van der Waals surface area (Å²) in [7, 11) is 1.55. The summed E-state index contributed by atoms with van der Waals surface area (Å²) in [4.78, 5) is 27.6. The highest BCUT2D eigenvalue weighted by atomic mass is 35.5. The molecule has 0 fully saturated rings. The lowest BCUT2D eigenvalue weighted by Crippen LogP contribution is -2.35. The number of benzene rings is 2. The van der Waals surface area contributed by atoms with Gasteiger partial charge in [-0.25, -0.2) is 0 Å². The molecule has 0 aliphatic heterocycles. The number of aryl methyl sites for hydroxylation is 2. The highest BCUT2D eigenvalue weighted by Gasteiger charge is 2.22. The number of nitrogens with zero attached hydrogens (tertiary/aromatic N) is 4. The number of anilines is 1. The number of rotatable bonds is 5. The Hall–Kier alpha value is -3.19. The molecule has 0 aliphatic carbocycles. The summed E-state index contributed by atoms with van der Waals surface area (Å²) >= 11 is 6.00. The predicted octanol–water partition coefficient (Wildman–Crippen LogP) is 3.25. The van der Waals surface area contributed by atoms with E-state index < -0.39 is 0 Å². The second-order valence-electron chi connectivity index (χ2n) is 6.48. The Morgan fingerprint density at radius 1 is 1.11 bits per heavy atom. The van der Waals surface area contributed by atoms with Gasteiger partial charge in [0.2, 0.25) is 5.91 Å². The SMILES string of the molecule is Cc1ccc(NC(=O)CN(C)C(=O)c2nn(-c3cccc(Cl)c3)nc2C)cc1. The van der Waals surface area contributed by atoms with Gasteiger partial charge in [-0.2, -0.15) is 9.90 Å². The van der Waals surface area contributed by atoms with Gasteiger partial charge in [-0.15, -0.1) is 5.10 Å². The van der Waals surface area contributed by atoms with Crippen molar-refractivity contribution in [2.75, 3.05) is 18.9 Å². The molecule has 0 saturated heterocycles. The smallest absolute Gasteiger partial charge is 0.276 e. The highest BCUT2D eigenvalue weighted by Crippen LogP contribution is 2.15. The molecule has 0 aliphatic rings. The zero-order valence-corrected chi connectivity index (χ0v) is 16.6. The van der Waals surface area contributed by atoms with Crippen molar-refractivity contribution in [3.05, 3.63) is 70.5 Å². The quantitative estimate of drug-likeness (QED) is 0.716. The zero-order valence-electron chi connectivity index (χ0n) is 15.8. The maximum atomic E-state index is 12.7. The van der Waals surface area contributed by atoms with E-state index in [0.717, 1.165) is 5.56 Å². The molecule has 0 radical (unpaired) electrons. The molecule has 0 bridgehead atoms. The van der Waals surface area contributed by atoms with Crippen molar-refractivity contribution < 1.29 is 9.59 Å². The summed E-state index contributed by atoms with van der Waals surface area (Å²) in [6.07, 6.45) is 0. The van der Waals surface area contributed by atoms with E-state index in [2.05, 4.69) is 15.5 Å². The number of carbonyl (C=O) groups is 2. The van der Waals surface area contributed by atoms with Crippen LogP contribution in [0.1, 0.15) is 21.7 Å². The van der Waals surface area contributed by atoms with Crippen molar-refractivity contribution >= 4 is 29.1 Å². The summed E-state index contributed by atoms with van der Waals surface area (Å²) in [5.41, 5.74) is 3.08. The van der Waals surface area contributed by atoms with Crippen LogP contribution in [-0.2, 0) is 4.79 Å². The van der Waals surface area contributed by atoms with Crippen LogP contribution in [0.25, 0.3) is 5.69 Å². The van der Waals surface area contributed by atoms with Crippen LogP contribution in [0.3, 0.4) is 0 Å². The van der Waals surface area contributed by atoms with Gasteiger partial charge in [0.15, 0.2) is 5.69 Å². The van der Waals surface area contributed by atoms with Crippen molar-refractivity contribution in [1.29, 1.82) is 0 Å². The van der Waals surface area contributed by atoms with Crippen molar-refractivity contribution in [3.63, 3.8) is 0 Å². The molecule has 1 aromatic heterocycles. The Morgan fingerprint density at radius 3 is 2.50 bits per heavy atom. The molecule has 0 spiro atoms. The maximum Gasteiger partial charge on any atom is 0.276 e. The number of carbonyl (C=O) groups excluding carboxylic acids is 2. The lowest BCUT2D eigenvalue weighted by molar-refractivity contribution is -0.116. The molecule has 144 valence electrons. The molecule has 28 heavy (non-hydrogen) atoms. The number of hydrogen-bond donors (Lipinski definition) is 1. The predicted molar refractivity (Wildman–Crippen MR) is 108 cm³/mol. The topological polar surface area (TPSA) is 80.1 Å². The Labute approximate surface area is 167 Å². The first-order valence-corrected chi connectivity index (χ1v) is 9.03. The summed E-state index contributed by atoms with van der Waals surface area (Å²) < 4.78 is 0. The fourth-order valence-electron chi connectivity index (χ4n) is 2.60. The third-order valence-corrected chi connectivity index (χ3v) is 4.32. The molecule has 0 atom stereocenters. The summed E-state index contributed by atoms with van der Waals surface area (Å²) in [6, 6.07) is 14.5. The van der Waals surface area contributed by atoms with Gasteiger partial charge in [-0.1, -0.05) is 35.4 Å². The lowest BCUT2D eigenvalue weighted by atomic mass is 10.2. The second kappa shape index (κ2) is 8.22. The zero-order chi connectivity index (χ0) is 20.3. The molecule has 0 unspecified atom stereocenters. The molecule has 8 heteroatoms. The third kappa shape index (κ3) is 4.55. The standard InChI is InChI=1S/C20H20ClN5O2/c1-13-7-9-16(10-8-13)22-18(27)12-25(3)20(28)19-14(2)23-26(24-19)17-6-4-5-15(21)11-17/h4-11H,12H2,1-3H3,(H,22,27). The first kappa shape index (κ1) is 19.6. The van der Waals surface area contributed by atoms with E-state index in [1.165, 1.54) is 9.70 Å². The van der Waals surface area contributed by atoms with E-state index >= 15 is 0 Å². The molecule has 3 rings (SSSR count). The number of likely N-dealkylation sites (N-methyl/N-ethyl adjacent to an activating group) is 1. The van der Waals surface area contributed by atoms with Crippen LogP contribution < -0.4 is 5.32 Å². The molecule has 3 aromatic rings. The number of aromatic nitrogens is 3. The van der Waals surface area contributed by atoms with Gasteiger partial charge in [0.1, 0.15) is 0 Å². The van der Waals surface area contributed by atoms with E-state index in [-0.39, 0.29) is 24.1 Å². The number of hydrogen-bond acceptors (Lipinski definition) is 4. The minimum atomic E-state index is -0.384. The molecule has 7 nitrogen and oxygen atoms in total. The van der Waals surface area contributed by atoms with E-state index in [0.29, 0.717) is 22.1 Å². The first-order chi connectivity index (χ1) is 13.3. The van der Waals surface area contributed by atoms with Crippen LogP contribution in [0.4, 0.5) is 5.69 Å². The van der Waals surface area contributed by atoms with Gasteiger partial charge in [-0.05, 0) is 44.2 Å². The van der Waals surface area contributed by atoms with Gasteiger partial charge in [0.25, 0.3) is 5.91 Å². The monoisotopic (exact) mass is 397 g/mol. The number of nitrogens with one attached hydrogen (secondary N) is 1. The molecule has 0 saturated carbocycles. The Kier molecular flexibility index (Phi) is 5.75. The molecule has 2 aromatic carbocycles. The average molecular weight is 398 g/mol. The van der Waals surface area contributed by atoms with Gasteiger partial charge < -0.3 is 10.2 Å². The average Bonchev–Trinajstić information content (AvgIpc) is 3.04. The van der Waals surface area contributed by atoms with Crippen molar-refractivity contribution in [2.24, 2.45) is 0 Å². The fourth-order valence-corrected chi connectivity index (χ4v) is 2.78. The third-order valence-electron chi connectivity index (χ3n) is 4.09. The summed E-state index contributed by atoms with van der Waals surface area (Å²) in [6.45, 7) is 3.56.